The number of benzene rings is 2. The van der Waals surface area contributed by atoms with Crippen molar-refractivity contribution in [1.29, 1.82) is 0 Å². The van der Waals surface area contributed by atoms with E-state index >= 15 is 0 Å². The first-order valence-corrected chi connectivity index (χ1v) is 13.9. The number of carbonyl (C=O) groups is 1. The van der Waals surface area contributed by atoms with E-state index in [4.69, 9.17) is 14.2 Å². The number of alkyl halides is 3. The lowest BCUT2D eigenvalue weighted by Crippen LogP contribution is -2.45. The standard InChI is InChI=1S/C31H36F3N3O5/c1-4-5-22(30(38)39)17-23-18-24(7-9-27(23)41-15-14-37-12-10-36(2)11-13-37)42-20-21-6-8-26-25(16-21)28(40-3)19-29(35-26)31(32,33)34/h6-9,16-19H,4-5,10-15,20H2,1-3H3,(H,38,39)/b22-17+. The maximum absolute atomic E-state index is 13.2. The lowest BCUT2D eigenvalue weighted by Gasteiger charge is -2.32. The van der Waals surface area contributed by atoms with Crippen molar-refractivity contribution in [2.75, 3.05) is 53.5 Å². The second kappa shape index (κ2) is 13.9. The van der Waals surface area contributed by atoms with Crippen LogP contribution in [-0.2, 0) is 17.6 Å². The van der Waals surface area contributed by atoms with Crippen LogP contribution in [0.3, 0.4) is 0 Å². The molecule has 0 radical (unpaired) electrons. The van der Waals surface area contributed by atoms with Gasteiger partial charge in [-0.2, -0.15) is 13.2 Å². The van der Waals surface area contributed by atoms with Gasteiger partial charge in [-0.25, -0.2) is 9.78 Å². The van der Waals surface area contributed by atoms with E-state index in [2.05, 4.69) is 21.8 Å². The Bertz CT molecular complexity index is 1420. The summed E-state index contributed by atoms with van der Waals surface area (Å²) in [4.78, 5) is 20.2. The summed E-state index contributed by atoms with van der Waals surface area (Å²) in [6.45, 7) is 7.22. The number of carboxylic acid groups (broad SMARTS) is 1. The molecule has 226 valence electrons. The Morgan fingerprint density at radius 2 is 1.81 bits per heavy atom. The van der Waals surface area contributed by atoms with Crippen LogP contribution in [0.25, 0.3) is 17.0 Å². The second-order valence-electron chi connectivity index (χ2n) is 10.3. The zero-order chi connectivity index (χ0) is 30.3. The third-order valence-corrected chi connectivity index (χ3v) is 7.12. The average molecular weight is 588 g/mol. The van der Waals surface area contributed by atoms with Gasteiger partial charge in [-0.3, -0.25) is 4.90 Å². The lowest BCUT2D eigenvalue weighted by atomic mass is 10.1. The molecule has 42 heavy (non-hydrogen) atoms. The molecule has 0 aliphatic carbocycles. The number of hydrogen-bond donors (Lipinski definition) is 1. The topological polar surface area (TPSA) is 84.4 Å². The number of aliphatic carboxylic acids is 1. The number of carboxylic acids is 1. The minimum absolute atomic E-state index is 0.0665. The summed E-state index contributed by atoms with van der Waals surface area (Å²) in [6.07, 6.45) is -1.88. The summed E-state index contributed by atoms with van der Waals surface area (Å²) in [7, 11) is 3.42. The fourth-order valence-corrected chi connectivity index (χ4v) is 4.73. The van der Waals surface area contributed by atoms with Crippen molar-refractivity contribution in [2.24, 2.45) is 0 Å². The number of hydrogen-bond acceptors (Lipinski definition) is 7. The molecule has 1 saturated heterocycles. The van der Waals surface area contributed by atoms with Crippen LogP contribution >= 0.6 is 0 Å². The van der Waals surface area contributed by atoms with E-state index in [1.807, 2.05) is 6.92 Å². The van der Waals surface area contributed by atoms with Crippen LogP contribution in [0.2, 0.25) is 0 Å². The SMILES string of the molecule is CCC/C(=C\c1cc(OCc2ccc3nc(C(F)(F)F)cc(OC)c3c2)ccc1OCCN1CCN(C)CC1)C(=O)O. The normalized spacial score (nSPS) is 15.1. The first kappa shape index (κ1) is 31.1. The highest BCUT2D eigenvalue weighted by Gasteiger charge is 2.33. The van der Waals surface area contributed by atoms with Crippen LogP contribution in [0, 0.1) is 0 Å². The Hall–Kier alpha value is -3.83. The molecule has 1 aromatic heterocycles. The molecule has 2 aromatic carbocycles. The van der Waals surface area contributed by atoms with Gasteiger partial charge in [-0.15, -0.1) is 0 Å². The molecule has 0 saturated carbocycles. The number of ether oxygens (including phenoxy) is 3. The molecular weight excluding hydrogens is 551 g/mol. The van der Waals surface area contributed by atoms with Crippen molar-refractivity contribution in [3.63, 3.8) is 0 Å². The number of fused-ring (bicyclic) bond motifs is 1. The number of halogens is 3. The number of pyridine rings is 1. The molecule has 0 bridgehead atoms. The monoisotopic (exact) mass is 587 g/mol. The van der Waals surface area contributed by atoms with Gasteiger partial charge in [0, 0.05) is 55.3 Å². The van der Waals surface area contributed by atoms with E-state index in [1.165, 1.54) is 13.2 Å². The third-order valence-electron chi connectivity index (χ3n) is 7.12. The molecule has 3 aromatic rings. The molecule has 1 aliphatic heterocycles. The van der Waals surface area contributed by atoms with Crippen LogP contribution in [0.4, 0.5) is 13.2 Å². The van der Waals surface area contributed by atoms with Crippen LogP contribution < -0.4 is 14.2 Å². The lowest BCUT2D eigenvalue weighted by molar-refractivity contribution is -0.141. The highest BCUT2D eigenvalue weighted by molar-refractivity contribution is 5.92. The second-order valence-corrected chi connectivity index (χ2v) is 10.3. The number of rotatable bonds is 12. The first-order valence-electron chi connectivity index (χ1n) is 13.9. The number of aromatic nitrogens is 1. The highest BCUT2D eigenvalue weighted by Crippen LogP contribution is 2.35. The first-order chi connectivity index (χ1) is 20.1. The van der Waals surface area contributed by atoms with Crippen molar-refractivity contribution < 1.29 is 37.3 Å². The predicted octanol–water partition coefficient (Wildman–Crippen LogP) is 5.74. The zero-order valence-corrected chi connectivity index (χ0v) is 24.0. The Morgan fingerprint density at radius 1 is 1.05 bits per heavy atom. The third kappa shape index (κ3) is 8.13. The molecule has 0 atom stereocenters. The number of piperazine rings is 1. The molecule has 11 heteroatoms. The van der Waals surface area contributed by atoms with Crippen LogP contribution in [0.5, 0.6) is 17.2 Å². The fourth-order valence-electron chi connectivity index (χ4n) is 4.73. The summed E-state index contributed by atoms with van der Waals surface area (Å²) in [5.74, 6) is 0.135. The van der Waals surface area contributed by atoms with Crippen molar-refractivity contribution in [3.8, 4) is 17.2 Å². The van der Waals surface area contributed by atoms with Gasteiger partial charge in [-0.1, -0.05) is 19.4 Å². The maximum Gasteiger partial charge on any atom is 0.433 e. The summed E-state index contributed by atoms with van der Waals surface area (Å²) >= 11 is 0. The van der Waals surface area contributed by atoms with Gasteiger partial charge in [0.05, 0.1) is 12.6 Å². The molecule has 0 unspecified atom stereocenters. The Balaban J connectivity index is 1.52. The van der Waals surface area contributed by atoms with Gasteiger partial charge in [0.2, 0.25) is 0 Å². The highest BCUT2D eigenvalue weighted by atomic mass is 19.4. The van der Waals surface area contributed by atoms with Crippen LogP contribution in [0.15, 0.2) is 48.0 Å². The predicted molar refractivity (Wildman–Crippen MR) is 154 cm³/mol. The van der Waals surface area contributed by atoms with E-state index < -0.39 is 17.8 Å². The summed E-state index contributed by atoms with van der Waals surface area (Å²) in [5, 5.41) is 10.1. The number of nitrogens with zero attached hydrogens (tertiary/aromatic N) is 3. The van der Waals surface area contributed by atoms with Gasteiger partial charge in [0.15, 0.2) is 0 Å². The van der Waals surface area contributed by atoms with E-state index in [9.17, 15) is 23.1 Å². The smallest absolute Gasteiger partial charge is 0.433 e. The quantitative estimate of drug-likeness (QED) is 0.269. The Kier molecular flexibility index (Phi) is 10.3. The Labute approximate surface area is 243 Å². The van der Waals surface area contributed by atoms with Gasteiger partial charge >= 0.3 is 12.1 Å². The molecule has 0 amide bonds. The molecule has 1 aliphatic rings. The van der Waals surface area contributed by atoms with Crippen molar-refractivity contribution in [3.05, 3.63) is 64.9 Å². The fraction of sp³-hybridized carbons (Fsp3) is 0.419. The van der Waals surface area contributed by atoms with Gasteiger partial charge in [0.1, 0.15) is 36.2 Å². The van der Waals surface area contributed by atoms with Crippen molar-refractivity contribution in [1.82, 2.24) is 14.8 Å². The minimum Gasteiger partial charge on any atom is -0.496 e. The minimum atomic E-state index is -4.59. The molecule has 1 N–H and O–H groups in total. The van der Waals surface area contributed by atoms with Crippen LogP contribution in [0.1, 0.15) is 36.6 Å². The summed E-state index contributed by atoms with van der Waals surface area (Å²) in [5.41, 5.74) is 0.704. The summed E-state index contributed by atoms with van der Waals surface area (Å²) < 4.78 is 57.0. The van der Waals surface area contributed by atoms with E-state index in [-0.39, 0.29) is 23.4 Å². The van der Waals surface area contributed by atoms with E-state index in [0.29, 0.717) is 47.5 Å². The van der Waals surface area contributed by atoms with Crippen molar-refractivity contribution in [2.45, 2.75) is 32.5 Å². The number of likely N-dealkylation sites (N-methyl/N-ethyl adjacent to an activating group) is 1. The molecule has 1 fully saturated rings. The zero-order valence-electron chi connectivity index (χ0n) is 24.0. The summed E-state index contributed by atoms with van der Waals surface area (Å²) in [6, 6.07) is 11.0. The maximum atomic E-state index is 13.2. The number of methoxy groups -OCH3 is 1. The molecule has 8 nitrogen and oxygen atoms in total. The molecular formula is C31H36F3N3O5. The van der Waals surface area contributed by atoms with Crippen LogP contribution in [-0.4, -0.2) is 79.3 Å². The van der Waals surface area contributed by atoms with Gasteiger partial charge in [-0.05, 0) is 55.4 Å². The average Bonchev–Trinajstić information content (AvgIpc) is 2.96. The van der Waals surface area contributed by atoms with Gasteiger partial charge < -0.3 is 24.2 Å². The largest absolute Gasteiger partial charge is 0.496 e. The molecule has 2 heterocycles. The molecule has 0 spiro atoms. The molecule has 4 rings (SSSR count). The Morgan fingerprint density at radius 3 is 2.48 bits per heavy atom. The van der Waals surface area contributed by atoms with E-state index in [1.54, 1.807) is 36.4 Å². The van der Waals surface area contributed by atoms with Crippen molar-refractivity contribution >= 4 is 22.9 Å². The van der Waals surface area contributed by atoms with Gasteiger partial charge in [0.25, 0.3) is 0 Å². The van der Waals surface area contributed by atoms with E-state index in [0.717, 1.165) is 38.8 Å².